The Morgan fingerprint density at radius 2 is 1.70 bits per heavy atom. The fourth-order valence-electron chi connectivity index (χ4n) is 2.84. The van der Waals surface area contributed by atoms with Crippen LogP contribution in [0.25, 0.3) is 0 Å². The van der Waals surface area contributed by atoms with Gasteiger partial charge in [0.05, 0.1) is 0 Å². The number of aliphatic carboxylic acids is 1. The molecule has 2 rings (SSSR count). The summed E-state index contributed by atoms with van der Waals surface area (Å²) in [5, 5.41) is 19.4. The number of rotatable bonds is 11. The van der Waals surface area contributed by atoms with Crippen molar-refractivity contribution in [3.63, 3.8) is 0 Å². The lowest BCUT2D eigenvalue weighted by Gasteiger charge is -2.15. The maximum absolute atomic E-state index is 11.6. The molecule has 0 aromatic carbocycles. The summed E-state index contributed by atoms with van der Waals surface area (Å²) in [5.41, 5.74) is -0.903. The number of aliphatic hydroxyl groups is 1. The van der Waals surface area contributed by atoms with E-state index < -0.39 is 11.5 Å². The number of carbonyl (C=O) groups is 3. The molecule has 2 aliphatic carbocycles. The van der Waals surface area contributed by atoms with Crippen LogP contribution in [0.1, 0.15) is 92.4 Å². The van der Waals surface area contributed by atoms with E-state index in [-0.39, 0.29) is 18.6 Å². The molecule has 0 saturated heterocycles. The van der Waals surface area contributed by atoms with E-state index in [9.17, 15) is 14.4 Å². The first-order chi connectivity index (χ1) is 15.9. The molecular weight excluding hydrogens is 424 g/mol. The summed E-state index contributed by atoms with van der Waals surface area (Å²) in [6, 6.07) is 0. The Morgan fingerprint density at radius 3 is 2.03 bits per heavy atom. The third-order valence-corrected chi connectivity index (χ3v) is 4.89. The summed E-state index contributed by atoms with van der Waals surface area (Å²) >= 11 is 0. The van der Waals surface area contributed by atoms with Gasteiger partial charge in [-0.25, -0.2) is 4.79 Å². The van der Waals surface area contributed by atoms with E-state index in [2.05, 4.69) is 16.6 Å². The number of carboxylic acids is 1. The fourth-order valence-corrected chi connectivity index (χ4v) is 2.84. The molecule has 2 aliphatic rings. The number of unbranched alkanes of at least 4 members (excludes halogenated alkanes) is 2. The van der Waals surface area contributed by atoms with E-state index in [0.29, 0.717) is 19.4 Å². The van der Waals surface area contributed by atoms with Gasteiger partial charge < -0.3 is 25.2 Å². The summed E-state index contributed by atoms with van der Waals surface area (Å²) in [4.78, 5) is 34.2. The van der Waals surface area contributed by atoms with Crippen LogP contribution in [0.4, 0.5) is 0 Å². The molecule has 0 atom stereocenters. The molecule has 0 radical (unpaired) electrons. The van der Waals surface area contributed by atoms with Crippen LogP contribution in [0.5, 0.6) is 0 Å². The molecule has 2 amide bonds. The van der Waals surface area contributed by atoms with E-state index in [1.54, 1.807) is 11.9 Å². The molecule has 0 heterocycles. The van der Waals surface area contributed by atoms with Crippen LogP contribution >= 0.6 is 0 Å². The quantitative estimate of drug-likeness (QED) is 0.177. The zero-order valence-corrected chi connectivity index (χ0v) is 21.9. The average molecular weight is 475 g/mol. The van der Waals surface area contributed by atoms with Crippen molar-refractivity contribution >= 4 is 18.3 Å². The van der Waals surface area contributed by atoms with Crippen molar-refractivity contribution < 1.29 is 29.3 Å². The van der Waals surface area contributed by atoms with Crippen molar-refractivity contribution in [3.05, 3.63) is 12.7 Å². The van der Waals surface area contributed by atoms with Crippen LogP contribution in [-0.2, 0) is 19.1 Å². The van der Waals surface area contributed by atoms with Gasteiger partial charge in [-0.15, -0.1) is 6.58 Å². The highest BCUT2D eigenvalue weighted by Gasteiger charge is 2.52. The smallest absolute Gasteiger partial charge is 0.329 e. The third kappa shape index (κ3) is 19.3. The lowest BCUT2D eigenvalue weighted by Crippen LogP contribution is -2.45. The zero-order chi connectivity index (χ0) is 26.1. The molecule has 33 heavy (non-hydrogen) atoms. The molecular formula is C25H50N2O6. The van der Waals surface area contributed by atoms with Crippen molar-refractivity contribution in [2.75, 3.05) is 27.0 Å². The topological polar surface area (TPSA) is 116 Å². The van der Waals surface area contributed by atoms with Crippen LogP contribution in [0.2, 0.25) is 0 Å². The Kier molecular flexibility index (Phi) is 26.7. The molecule has 8 heteroatoms. The van der Waals surface area contributed by atoms with Gasteiger partial charge in [0.2, 0.25) is 12.3 Å². The van der Waals surface area contributed by atoms with E-state index in [1.165, 1.54) is 0 Å². The van der Waals surface area contributed by atoms with Crippen molar-refractivity contribution in [1.82, 2.24) is 10.2 Å². The number of carbonyl (C=O) groups excluding carboxylic acids is 2. The zero-order valence-electron chi connectivity index (χ0n) is 21.9. The fraction of sp³-hybridized carbons (Fsp3) is 0.800. The Hall–Kier alpha value is -1.93. The van der Waals surface area contributed by atoms with Gasteiger partial charge in [0.25, 0.3) is 0 Å². The Morgan fingerprint density at radius 1 is 1.15 bits per heavy atom. The number of allylic oxidation sites excluding steroid dienone is 1. The number of hydrogen-bond donors (Lipinski definition) is 3. The molecule has 3 N–H and O–H groups in total. The van der Waals surface area contributed by atoms with Gasteiger partial charge in [-0.1, -0.05) is 46.6 Å². The number of nitrogens with zero attached hydrogens (tertiary/aromatic N) is 1. The Bertz CT molecular complexity index is 487. The van der Waals surface area contributed by atoms with Gasteiger partial charge in [0.15, 0.2) is 0 Å². The van der Waals surface area contributed by atoms with Gasteiger partial charge in [-0.05, 0) is 51.9 Å². The van der Waals surface area contributed by atoms with Crippen LogP contribution in [0.15, 0.2) is 12.7 Å². The summed E-state index contributed by atoms with van der Waals surface area (Å²) in [5.74, 6) is -0.877. The van der Waals surface area contributed by atoms with Crippen LogP contribution in [0.3, 0.4) is 0 Å². The Balaban J connectivity index is -0.000000416. The highest BCUT2D eigenvalue weighted by atomic mass is 16.6. The maximum atomic E-state index is 11.6. The Labute approximate surface area is 201 Å². The number of nitrogens with one attached hydrogen (secondary N) is 1. The normalized spacial score (nSPS) is 14.8. The number of hydrogen-bond acceptors (Lipinski definition) is 5. The molecule has 0 aromatic heterocycles. The van der Waals surface area contributed by atoms with Crippen molar-refractivity contribution in [1.29, 1.82) is 0 Å². The van der Waals surface area contributed by atoms with Gasteiger partial charge in [-0.3, -0.25) is 9.59 Å². The monoisotopic (exact) mass is 474 g/mol. The number of carboxylic acid groups (broad SMARTS) is 1. The summed E-state index contributed by atoms with van der Waals surface area (Å²) in [7, 11) is 1.79. The summed E-state index contributed by atoms with van der Waals surface area (Å²) in [6.45, 7) is 14.7. The molecule has 0 bridgehead atoms. The maximum Gasteiger partial charge on any atom is 0.329 e. The second kappa shape index (κ2) is 24.7. The molecule has 0 unspecified atom stereocenters. The van der Waals surface area contributed by atoms with Gasteiger partial charge >= 0.3 is 5.97 Å². The largest absolute Gasteiger partial charge is 0.480 e. The van der Waals surface area contributed by atoms with Crippen LogP contribution < -0.4 is 5.32 Å². The SMILES string of the molecule is C=CCCCCN(C)C=O.CC.CC.CCOCO.O=C(NC1(C(=O)O)CC1)C1CCCC1. The number of amides is 2. The summed E-state index contributed by atoms with van der Waals surface area (Å²) < 4.78 is 4.39. The molecule has 0 spiro atoms. The summed E-state index contributed by atoms with van der Waals surface area (Å²) in [6.07, 6.45) is 11.2. The second-order valence-electron chi connectivity index (χ2n) is 7.35. The molecule has 0 aliphatic heterocycles. The number of aliphatic hydroxyl groups excluding tert-OH is 1. The molecule has 196 valence electrons. The highest BCUT2D eigenvalue weighted by molar-refractivity contribution is 5.90. The number of ether oxygens (including phenoxy) is 1. The molecule has 0 aromatic rings. The third-order valence-electron chi connectivity index (χ3n) is 4.89. The van der Waals surface area contributed by atoms with Crippen molar-refractivity contribution in [3.8, 4) is 0 Å². The first kappa shape index (κ1) is 35.7. The van der Waals surface area contributed by atoms with Crippen LogP contribution in [-0.4, -0.2) is 65.9 Å². The van der Waals surface area contributed by atoms with E-state index >= 15 is 0 Å². The molecule has 2 saturated carbocycles. The highest BCUT2D eigenvalue weighted by Crippen LogP contribution is 2.36. The second-order valence-corrected chi connectivity index (χ2v) is 7.35. The minimum atomic E-state index is -0.903. The van der Waals surface area contributed by atoms with E-state index in [4.69, 9.17) is 10.2 Å². The predicted octanol–water partition coefficient (Wildman–Crippen LogP) is 4.37. The average Bonchev–Trinajstić information content (AvgIpc) is 3.41. The van der Waals surface area contributed by atoms with Gasteiger partial charge in [0.1, 0.15) is 12.3 Å². The van der Waals surface area contributed by atoms with E-state index in [0.717, 1.165) is 57.9 Å². The molecule has 8 nitrogen and oxygen atoms in total. The first-order valence-corrected chi connectivity index (χ1v) is 12.4. The lowest BCUT2D eigenvalue weighted by atomic mass is 10.1. The lowest BCUT2D eigenvalue weighted by molar-refractivity contribution is -0.143. The minimum Gasteiger partial charge on any atom is -0.480 e. The van der Waals surface area contributed by atoms with Crippen molar-refractivity contribution in [2.24, 2.45) is 5.92 Å². The van der Waals surface area contributed by atoms with Gasteiger partial charge in [-0.2, -0.15) is 0 Å². The van der Waals surface area contributed by atoms with Gasteiger partial charge in [0, 0.05) is 26.1 Å². The predicted molar refractivity (Wildman–Crippen MR) is 134 cm³/mol. The minimum absolute atomic E-state index is 0.0533. The standard InChI is InChI=1S/C10H15NO3.C8H15NO.C3H8O2.2C2H6/c12-8(7-3-1-2-4-7)11-10(5-6-10)9(13)14;1-3-4-5-6-7-9(2)8-10;1-2-5-3-4;2*1-2/h7H,1-6H2,(H,11,12)(H,13,14);3,8H,1,4-7H2,2H3;4H,2-3H2,1H3;2*1-2H3. The van der Waals surface area contributed by atoms with Crippen LogP contribution in [0, 0.1) is 5.92 Å². The van der Waals surface area contributed by atoms with E-state index in [1.807, 2.05) is 40.7 Å². The molecule has 2 fully saturated rings. The first-order valence-electron chi connectivity index (χ1n) is 12.4. The van der Waals surface area contributed by atoms with Crippen molar-refractivity contribution in [2.45, 2.75) is 97.9 Å².